The molecule has 2 aliphatic rings. The molecule has 0 saturated carbocycles. The second-order valence-corrected chi connectivity index (χ2v) is 17.1. The van der Waals surface area contributed by atoms with Crippen LogP contribution < -0.4 is 32.7 Å². The topological polar surface area (TPSA) is 226 Å². The number of rotatable bonds is 14. The molecule has 1 saturated heterocycles. The first-order valence-corrected chi connectivity index (χ1v) is 22.0. The number of hydrogen-bond donors (Lipinski definition) is 7. The molecule has 1 fully saturated rings. The van der Waals surface area contributed by atoms with Crippen molar-refractivity contribution in [1.82, 2.24) is 26.2 Å². The molecule has 7 atom stereocenters. The molecule has 0 spiro atoms. The van der Waals surface area contributed by atoms with Gasteiger partial charge in [0.1, 0.15) is 29.7 Å². The summed E-state index contributed by atoms with van der Waals surface area (Å²) in [4.78, 5) is 84.1. The number of allylic oxidation sites excluding steroid dienone is 1. The molecule has 0 aromatic heterocycles. The molecule has 59 heavy (non-hydrogen) atoms. The summed E-state index contributed by atoms with van der Waals surface area (Å²) in [7, 11) is 0. The molecule has 9 N–H and O–H groups in total. The molecule has 1 unspecified atom stereocenters. The number of ketones is 2. The number of phenolic OH excluding ortho intramolecular Hbond substituents is 1. The lowest BCUT2D eigenvalue weighted by Crippen LogP contribution is -2.59. The van der Waals surface area contributed by atoms with Crippen LogP contribution in [-0.2, 0) is 41.6 Å². The molecule has 4 amide bonds. The van der Waals surface area contributed by atoms with Crippen LogP contribution >= 0.6 is 0 Å². The third kappa shape index (κ3) is 16.1. The van der Waals surface area contributed by atoms with E-state index in [1.807, 2.05) is 45.9 Å². The number of nitrogens with two attached hydrogens (primary N) is 2. The second kappa shape index (κ2) is 25.5. The highest BCUT2D eigenvalue weighted by Crippen LogP contribution is 2.24. The summed E-state index contributed by atoms with van der Waals surface area (Å²) in [6, 6.07) is 0.437. The van der Waals surface area contributed by atoms with Gasteiger partial charge in [0.05, 0.1) is 12.1 Å². The Morgan fingerprint density at radius 1 is 0.983 bits per heavy atom. The predicted octanol–water partition coefficient (Wildman–Crippen LogP) is 3.36. The normalized spacial score (nSPS) is 23.3. The molecule has 14 heteroatoms. The molecule has 2 heterocycles. The van der Waals surface area contributed by atoms with Crippen molar-refractivity contribution in [3.63, 3.8) is 0 Å². The van der Waals surface area contributed by atoms with E-state index in [9.17, 15) is 33.9 Å². The van der Waals surface area contributed by atoms with Crippen LogP contribution in [0.1, 0.15) is 123 Å². The fourth-order valence-electron chi connectivity index (χ4n) is 7.92. The first-order chi connectivity index (χ1) is 28.2. The lowest BCUT2D eigenvalue weighted by atomic mass is 9.85. The summed E-state index contributed by atoms with van der Waals surface area (Å²) in [6.45, 7) is 11.5. The number of carbonyl (C=O) groups is 6. The Bertz CT molecular complexity index is 1580. The van der Waals surface area contributed by atoms with E-state index in [0.29, 0.717) is 82.0 Å². The number of hydrogen-bond acceptors (Lipinski definition) is 10. The van der Waals surface area contributed by atoms with E-state index in [2.05, 4.69) is 21.3 Å². The summed E-state index contributed by atoms with van der Waals surface area (Å²) in [5.41, 5.74) is 13.4. The zero-order valence-corrected chi connectivity index (χ0v) is 36.2. The number of nitrogens with one attached hydrogen (secondary N) is 4. The number of fused-ring (bicyclic) bond motifs is 3. The zero-order valence-electron chi connectivity index (χ0n) is 36.2. The monoisotopic (exact) mass is 824 g/mol. The van der Waals surface area contributed by atoms with E-state index in [4.69, 9.17) is 11.5 Å². The van der Waals surface area contributed by atoms with Crippen LogP contribution in [-0.4, -0.2) is 102 Å². The minimum absolute atomic E-state index is 0.00222. The second-order valence-electron chi connectivity index (χ2n) is 17.1. The number of aromatic hydroxyl groups is 1. The Kier molecular flexibility index (Phi) is 21.3. The lowest BCUT2D eigenvalue weighted by molar-refractivity contribution is -0.142. The standard InChI is InChI=1S/C45H73N7O7/c1-6-30(4)41(40(55)28-34(31(5)53)25-29(2)3)51-43(57)37-27-32-19-20-39(54)33(26-32)15-8-7-12-22-48-23-13-10-16-35(47)42(56)49-36(17-9-11-21-46)45(59)52-24-14-18-38(52)44(58)50-37/h7-8,19-20,26,29-30,34-38,41,48,54H,6,9-18,21-25,27-28,46-47H2,1-5H3,(H,49,56)(H,50,58)(H,51,57)/t30?,34-,35+,36+,37+,38+,41+/m1/s1. The molecular weight excluding hydrogens is 751 g/mol. The van der Waals surface area contributed by atoms with Crippen molar-refractivity contribution in [2.45, 2.75) is 155 Å². The maximum absolute atomic E-state index is 14.4. The van der Waals surface area contributed by atoms with E-state index in [-0.39, 0.29) is 47.9 Å². The SMILES string of the molecule is CCC(C)[C@H](NC(=O)[C@@H]1Cc2ccc(O)c(c2)CC=CCCNCCCC[C@H](N)C(=O)N[C@@H](CCCCN)C(=O)N2CCC[C@H]2C(=O)N1)C(=O)C[C@@H](CC(C)C)C(C)=O. The van der Waals surface area contributed by atoms with Gasteiger partial charge in [-0.3, -0.25) is 28.8 Å². The number of phenols is 1. The van der Waals surface area contributed by atoms with Gasteiger partial charge in [-0.05, 0) is 120 Å². The average Bonchev–Trinajstić information content (AvgIpc) is 3.70. The molecule has 3 rings (SSSR count). The van der Waals surface area contributed by atoms with Crippen LogP contribution in [0.2, 0.25) is 0 Å². The van der Waals surface area contributed by atoms with Crippen LogP contribution in [0, 0.1) is 17.8 Å². The number of unbranched alkanes of at least 4 members (excludes halogenated alkanes) is 1. The Labute approximate surface area is 351 Å². The van der Waals surface area contributed by atoms with Gasteiger partial charge in [0, 0.05) is 25.3 Å². The highest BCUT2D eigenvalue weighted by Gasteiger charge is 2.40. The highest BCUT2D eigenvalue weighted by atomic mass is 16.3. The molecule has 1 aromatic carbocycles. The van der Waals surface area contributed by atoms with Crippen molar-refractivity contribution in [2.24, 2.45) is 29.2 Å². The molecule has 2 bridgehead atoms. The number of nitrogens with zero attached hydrogens (tertiary/aromatic N) is 1. The van der Waals surface area contributed by atoms with Gasteiger partial charge < -0.3 is 42.7 Å². The number of benzene rings is 1. The maximum atomic E-state index is 14.4. The Morgan fingerprint density at radius 2 is 1.75 bits per heavy atom. The van der Waals surface area contributed by atoms with E-state index in [0.717, 1.165) is 32.4 Å². The first kappa shape index (κ1) is 49.2. The lowest BCUT2D eigenvalue weighted by Gasteiger charge is -2.31. The Morgan fingerprint density at radius 3 is 2.44 bits per heavy atom. The van der Waals surface area contributed by atoms with Crippen LogP contribution in [0.25, 0.3) is 0 Å². The summed E-state index contributed by atoms with van der Waals surface area (Å²) in [6.07, 6.45) is 10.9. The maximum Gasteiger partial charge on any atom is 0.245 e. The van der Waals surface area contributed by atoms with E-state index in [1.54, 1.807) is 12.1 Å². The van der Waals surface area contributed by atoms with Gasteiger partial charge >= 0.3 is 0 Å². The van der Waals surface area contributed by atoms with Crippen molar-refractivity contribution >= 4 is 35.2 Å². The van der Waals surface area contributed by atoms with Crippen molar-refractivity contribution in [2.75, 3.05) is 26.2 Å². The van der Waals surface area contributed by atoms with E-state index < -0.39 is 53.8 Å². The average molecular weight is 824 g/mol. The van der Waals surface area contributed by atoms with Crippen molar-refractivity contribution in [3.8, 4) is 5.75 Å². The fraction of sp³-hybridized carbons (Fsp3) is 0.689. The predicted molar refractivity (Wildman–Crippen MR) is 230 cm³/mol. The highest BCUT2D eigenvalue weighted by molar-refractivity contribution is 5.97. The van der Waals surface area contributed by atoms with Gasteiger partial charge in [0.2, 0.25) is 23.6 Å². The van der Waals surface area contributed by atoms with Crippen LogP contribution in [0.4, 0.5) is 0 Å². The number of amides is 4. The first-order valence-electron chi connectivity index (χ1n) is 22.0. The van der Waals surface area contributed by atoms with Crippen LogP contribution in [0.15, 0.2) is 30.4 Å². The quantitative estimate of drug-likeness (QED) is 0.107. The summed E-state index contributed by atoms with van der Waals surface area (Å²) < 4.78 is 0. The van der Waals surface area contributed by atoms with Crippen LogP contribution in [0.3, 0.4) is 0 Å². The zero-order chi connectivity index (χ0) is 43.5. The molecular formula is C45H73N7O7. The van der Waals surface area contributed by atoms with Gasteiger partial charge in [0.25, 0.3) is 0 Å². The molecule has 330 valence electrons. The summed E-state index contributed by atoms with van der Waals surface area (Å²) in [5, 5.41) is 22.9. The smallest absolute Gasteiger partial charge is 0.245 e. The van der Waals surface area contributed by atoms with Crippen LogP contribution in [0.5, 0.6) is 5.75 Å². The molecule has 0 aliphatic carbocycles. The Balaban J connectivity index is 2.00. The molecule has 1 aromatic rings. The van der Waals surface area contributed by atoms with Crippen molar-refractivity contribution in [3.05, 3.63) is 41.5 Å². The van der Waals surface area contributed by atoms with Crippen molar-refractivity contribution in [1.29, 1.82) is 0 Å². The molecule has 0 radical (unpaired) electrons. The van der Waals surface area contributed by atoms with E-state index in [1.165, 1.54) is 11.8 Å². The van der Waals surface area contributed by atoms with Gasteiger partial charge in [-0.2, -0.15) is 0 Å². The molecule has 2 aliphatic heterocycles. The summed E-state index contributed by atoms with van der Waals surface area (Å²) >= 11 is 0. The fourth-order valence-corrected chi connectivity index (χ4v) is 7.92. The van der Waals surface area contributed by atoms with Gasteiger partial charge in [-0.1, -0.05) is 64.8 Å². The Hall–Kier alpha value is -4.14. The van der Waals surface area contributed by atoms with E-state index >= 15 is 0 Å². The van der Waals surface area contributed by atoms with Gasteiger partial charge in [0.15, 0.2) is 5.78 Å². The third-order valence-corrected chi connectivity index (χ3v) is 11.7. The number of carbonyl (C=O) groups excluding carboxylic acids is 6. The van der Waals surface area contributed by atoms with Gasteiger partial charge in [-0.25, -0.2) is 0 Å². The third-order valence-electron chi connectivity index (χ3n) is 11.7. The van der Waals surface area contributed by atoms with Gasteiger partial charge in [-0.15, -0.1) is 0 Å². The minimum atomic E-state index is -1.15. The largest absolute Gasteiger partial charge is 0.508 e. The summed E-state index contributed by atoms with van der Waals surface area (Å²) in [5.74, 6) is -2.63. The minimum Gasteiger partial charge on any atom is -0.508 e. The van der Waals surface area contributed by atoms with Crippen molar-refractivity contribution < 1.29 is 33.9 Å². The molecule has 14 nitrogen and oxygen atoms in total. The number of Topliss-reactive ketones (excluding diaryl/α,β-unsaturated/α-hetero) is 2.